The number of hydrogen-bond donors (Lipinski definition) is 0. The SMILES string of the molecule is [CH2-]C(C)=C(C)C.[Hf]. The summed E-state index contributed by atoms with van der Waals surface area (Å²) in [6, 6.07) is 0. The van der Waals surface area contributed by atoms with Crippen LogP contribution in [0.1, 0.15) is 20.8 Å². The summed E-state index contributed by atoms with van der Waals surface area (Å²) in [5, 5.41) is 0. The summed E-state index contributed by atoms with van der Waals surface area (Å²) in [5.41, 5.74) is 2.49. The molecule has 0 aromatic rings. The van der Waals surface area contributed by atoms with E-state index in [-0.39, 0.29) is 25.8 Å². The zero-order chi connectivity index (χ0) is 5.15. The van der Waals surface area contributed by atoms with Gasteiger partial charge in [0.2, 0.25) is 0 Å². The number of hydrogen-bond acceptors (Lipinski definition) is 0. The van der Waals surface area contributed by atoms with Crippen LogP contribution in [0.3, 0.4) is 0 Å². The Kier molecular flexibility index (Phi) is 6.92. The van der Waals surface area contributed by atoms with E-state index in [4.69, 9.17) is 0 Å². The van der Waals surface area contributed by atoms with Crippen molar-refractivity contribution >= 4 is 0 Å². The van der Waals surface area contributed by atoms with Crippen LogP contribution in [-0.2, 0) is 25.8 Å². The van der Waals surface area contributed by atoms with Crippen LogP contribution >= 0.6 is 0 Å². The molecule has 0 unspecified atom stereocenters. The van der Waals surface area contributed by atoms with E-state index in [2.05, 4.69) is 20.8 Å². The summed E-state index contributed by atoms with van der Waals surface area (Å²) >= 11 is 0. The molecule has 0 aliphatic rings. The van der Waals surface area contributed by atoms with E-state index < -0.39 is 0 Å². The molecule has 0 aromatic carbocycles. The largest absolute Gasteiger partial charge is 0.242 e. The van der Waals surface area contributed by atoms with Gasteiger partial charge in [-0.2, -0.15) is 0 Å². The molecule has 1 heteroatoms. The molecule has 0 aliphatic heterocycles. The third kappa shape index (κ3) is 6.48. The fourth-order valence-corrected chi connectivity index (χ4v) is 0. The van der Waals surface area contributed by atoms with Gasteiger partial charge >= 0.3 is 0 Å². The van der Waals surface area contributed by atoms with E-state index in [1.165, 1.54) is 11.1 Å². The van der Waals surface area contributed by atoms with Crippen LogP contribution in [0.5, 0.6) is 0 Å². The van der Waals surface area contributed by atoms with Crippen LogP contribution < -0.4 is 0 Å². The third-order valence-corrected chi connectivity index (χ3v) is 0.854. The normalized spacial score (nSPS) is 6.71. The zero-order valence-corrected chi connectivity index (χ0v) is 8.80. The molecule has 0 nitrogen and oxygen atoms in total. The molecule has 0 heterocycles. The van der Waals surface area contributed by atoms with E-state index in [1.54, 1.807) is 0 Å². The summed E-state index contributed by atoms with van der Waals surface area (Å²) in [7, 11) is 0. The summed E-state index contributed by atoms with van der Waals surface area (Å²) < 4.78 is 0. The molecule has 0 bridgehead atoms. The van der Waals surface area contributed by atoms with Crippen molar-refractivity contribution in [3.05, 3.63) is 18.1 Å². The van der Waals surface area contributed by atoms with Crippen molar-refractivity contribution in [3.63, 3.8) is 0 Å². The quantitative estimate of drug-likeness (QED) is 0.463. The van der Waals surface area contributed by atoms with Crippen molar-refractivity contribution in [1.29, 1.82) is 0 Å². The van der Waals surface area contributed by atoms with Gasteiger partial charge < -0.3 is 0 Å². The molecule has 0 saturated carbocycles. The molecule has 0 fully saturated rings. The maximum atomic E-state index is 3.72. The zero-order valence-electron chi connectivity index (χ0n) is 5.21. The standard InChI is InChI=1S/C6H11.Hf/c1-5(2)6(3)4;/h1H2,2-4H3;/q-1;. The predicted molar refractivity (Wildman–Crippen MR) is 29.4 cm³/mol. The van der Waals surface area contributed by atoms with Crippen LogP contribution in [0.4, 0.5) is 0 Å². The Bertz CT molecular complexity index is 54.2. The van der Waals surface area contributed by atoms with Gasteiger partial charge in [0.25, 0.3) is 0 Å². The second-order valence-corrected chi connectivity index (χ2v) is 1.78. The Balaban J connectivity index is 0. The molecule has 0 radical (unpaired) electrons. The first-order valence-electron chi connectivity index (χ1n) is 2.10. The molecular formula is C6H11Hf-. The van der Waals surface area contributed by atoms with Gasteiger partial charge in [-0.25, -0.2) is 18.1 Å². The second-order valence-electron chi connectivity index (χ2n) is 1.78. The minimum absolute atomic E-state index is 0. The van der Waals surface area contributed by atoms with Gasteiger partial charge in [-0.05, 0) is 0 Å². The van der Waals surface area contributed by atoms with E-state index in [9.17, 15) is 0 Å². The molecule has 0 aromatic heterocycles. The van der Waals surface area contributed by atoms with Crippen molar-refractivity contribution in [3.8, 4) is 0 Å². The Labute approximate surface area is 64.8 Å². The number of allylic oxidation sites excluding steroid dienone is 2. The molecule has 0 spiro atoms. The molecule has 0 N–H and O–H groups in total. The Morgan fingerprint density at radius 1 is 1.14 bits per heavy atom. The minimum Gasteiger partial charge on any atom is -0.242 e. The summed E-state index contributed by atoms with van der Waals surface area (Å²) in [5.74, 6) is 0. The second kappa shape index (κ2) is 4.63. The van der Waals surface area contributed by atoms with Crippen LogP contribution in [0.15, 0.2) is 11.1 Å². The minimum atomic E-state index is 0. The molecule has 40 valence electrons. The first kappa shape index (κ1) is 10.5. The van der Waals surface area contributed by atoms with Crippen LogP contribution in [0.25, 0.3) is 0 Å². The summed E-state index contributed by atoms with van der Waals surface area (Å²) in [6.07, 6.45) is 0. The van der Waals surface area contributed by atoms with E-state index in [0.29, 0.717) is 0 Å². The first-order valence-corrected chi connectivity index (χ1v) is 2.10. The monoisotopic (exact) mass is 263 g/mol. The van der Waals surface area contributed by atoms with Crippen LogP contribution in [-0.4, -0.2) is 0 Å². The Morgan fingerprint density at radius 3 is 1.29 bits per heavy atom. The van der Waals surface area contributed by atoms with Crippen LogP contribution in [0, 0.1) is 6.92 Å². The van der Waals surface area contributed by atoms with Gasteiger partial charge in [0, 0.05) is 25.8 Å². The molecular weight excluding hydrogens is 251 g/mol. The Hall–Kier alpha value is 0.480. The van der Waals surface area contributed by atoms with Gasteiger partial charge in [-0.1, -0.05) is 6.92 Å². The maximum absolute atomic E-state index is 3.72. The molecule has 0 atom stereocenters. The van der Waals surface area contributed by atoms with E-state index >= 15 is 0 Å². The topological polar surface area (TPSA) is 0 Å². The number of rotatable bonds is 0. The molecule has 7 heavy (non-hydrogen) atoms. The van der Waals surface area contributed by atoms with E-state index in [0.717, 1.165) is 0 Å². The van der Waals surface area contributed by atoms with Gasteiger partial charge in [0.05, 0.1) is 0 Å². The van der Waals surface area contributed by atoms with Gasteiger partial charge in [-0.3, -0.25) is 0 Å². The van der Waals surface area contributed by atoms with Crippen molar-refractivity contribution in [2.75, 3.05) is 0 Å². The fraction of sp³-hybridized carbons (Fsp3) is 0.500. The average molecular weight is 262 g/mol. The maximum Gasteiger partial charge on any atom is 0 e. The van der Waals surface area contributed by atoms with Crippen molar-refractivity contribution in [2.45, 2.75) is 20.8 Å². The third-order valence-electron chi connectivity index (χ3n) is 0.854. The van der Waals surface area contributed by atoms with E-state index in [1.807, 2.05) is 6.92 Å². The fourth-order valence-electron chi connectivity index (χ4n) is 0. The first-order chi connectivity index (χ1) is 2.64. The molecule has 0 amide bonds. The average Bonchev–Trinajstić information content (AvgIpc) is 1.36. The Morgan fingerprint density at radius 2 is 1.29 bits per heavy atom. The van der Waals surface area contributed by atoms with Crippen LogP contribution in [0.2, 0.25) is 0 Å². The molecule has 0 saturated heterocycles. The molecule has 0 rings (SSSR count). The van der Waals surface area contributed by atoms with Crippen molar-refractivity contribution < 1.29 is 25.8 Å². The molecule has 0 aliphatic carbocycles. The summed E-state index contributed by atoms with van der Waals surface area (Å²) in [6.45, 7) is 9.84. The van der Waals surface area contributed by atoms with Gasteiger partial charge in [0.1, 0.15) is 0 Å². The predicted octanol–water partition coefficient (Wildman–Crippen LogP) is 2.17. The van der Waals surface area contributed by atoms with Gasteiger partial charge in [-0.15, -0.1) is 13.8 Å². The van der Waals surface area contributed by atoms with Crippen molar-refractivity contribution in [1.82, 2.24) is 0 Å². The van der Waals surface area contributed by atoms with Gasteiger partial charge in [0.15, 0.2) is 0 Å². The summed E-state index contributed by atoms with van der Waals surface area (Å²) in [4.78, 5) is 0. The van der Waals surface area contributed by atoms with Crippen molar-refractivity contribution in [2.24, 2.45) is 0 Å². The smallest absolute Gasteiger partial charge is 0 e.